The highest BCUT2D eigenvalue weighted by atomic mass is 19.1. The van der Waals surface area contributed by atoms with Gasteiger partial charge in [-0.2, -0.15) is 0 Å². The highest BCUT2D eigenvalue weighted by Crippen LogP contribution is 2.21. The molecule has 21 heavy (non-hydrogen) atoms. The molecule has 0 saturated heterocycles. The average molecular weight is 283 g/mol. The fraction of sp³-hybridized carbons (Fsp3) is 0. The number of halogens is 1. The average Bonchev–Trinajstić information content (AvgIpc) is 2.94. The maximum Gasteiger partial charge on any atom is 0.375 e. The Hall–Kier alpha value is -3.02. The molecule has 1 heterocycles. The van der Waals surface area contributed by atoms with Gasteiger partial charge in [-0.3, -0.25) is 0 Å². The summed E-state index contributed by atoms with van der Waals surface area (Å²) in [7, 11) is 0. The number of para-hydroxylation sites is 1. The van der Waals surface area contributed by atoms with Gasteiger partial charge in [-0.25, -0.2) is 18.9 Å². The molecule has 6 heteroatoms. The lowest BCUT2D eigenvalue weighted by Gasteiger charge is -2.05. The molecule has 104 valence electrons. The molecule has 3 rings (SSSR count). The smallest absolute Gasteiger partial charge is 0.375 e. The monoisotopic (exact) mass is 283 g/mol. The number of rotatable bonds is 3. The number of benzene rings is 2. The first-order valence-corrected chi connectivity index (χ1v) is 6.17. The minimum atomic E-state index is -1.21. The van der Waals surface area contributed by atoms with Crippen molar-refractivity contribution >= 4 is 5.97 Å². The zero-order valence-corrected chi connectivity index (χ0v) is 10.8. The summed E-state index contributed by atoms with van der Waals surface area (Å²) in [6, 6.07) is 14.7. The Kier molecular flexibility index (Phi) is 3.19. The van der Waals surface area contributed by atoms with Crippen LogP contribution in [0, 0.1) is 5.82 Å². The number of nitrogens with zero attached hydrogens (tertiary/aromatic N) is 3. The van der Waals surface area contributed by atoms with Crippen LogP contribution in [-0.4, -0.2) is 25.8 Å². The zero-order chi connectivity index (χ0) is 14.8. The molecule has 0 aliphatic heterocycles. The van der Waals surface area contributed by atoms with Gasteiger partial charge in [-0.15, -0.1) is 5.10 Å². The molecule has 2 aromatic carbocycles. The minimum absolute atomic E-state index is 0.307. The highest BCUT2D eigenvalue weighted by molar-refractivity contribution is 5.84. The topological polar surface area (TPSA) is 68.0 Å². The normalized spacial score (nSPS) is 10.5. The summed E-state index contributed by atoms with van der Waals surface area (Å²) in [6.07, 6.45) is 0. The van der Waals surface area contributed by atoms with Gasteiger partial charge in [0.05, 0.1) is 5.69 Å². The van der Waals surface area contributed by atoms with Crippen molar-refractivity contribution in [3.05, 3.63) is 66.2 Å². The molecule has 0 saturated carbocycles. The second-order valence-electron chi connectivity index (χ2n) is 4.32. The second-order valence-corrected chi connectivity index (χ2v) is 4.32. The highest BCUT2D eigenvalue weighted by Gasteiger charge is 2.17. The Labute approximate surface area is 119 Å². The fourth-order valence-corrected chi connectivity index (χ4v) is 1.94. The molecule has 0 aliphatic carbocycles. The number of aromatic nitrogens is 3. The quantitative estimate of drug-likeness (QED) is 0.802. The largest absolute Gasteiger partial charge is 0.475 e. The van der Waals surface area contributed by atoms with Crippen LogP contribution in [0.3, 0.4) is 0 Å². The summed E-state index contributed by atoms with van der Waals surface area (Å²) in [5, 5.41) is 13.1. The summed E-state index contributed by atoms with van der Waals surface area (Å²) >= 11 is 0. The van der Waals surface area contributed by atoms with E-state index in [0.29, 0.717) is 17.1 Å². The molecule has 0 bridgehead atoms. The third kappa shape index (κ3) is 2.51. The second kappa shape index (κ2) is 5.16. The zero-order valence-electron chi connectivity index (χ0n) is 10.8. The molecule has 0 unspecified atom stereocenters. The van der Waals surface area contributed by atoms with Crippen molar-refractivity contribution in [3.8, 4) is 17.1 Å². The molecule has 1 aromatic heterocycles. The number of carbonyl (C=O) groups is 1. The Morgan fingerprint density at radius 2 is 1.71 bits per heavy atom. The Morgan fingerprint density at radius 3 is 2.33 bits per heavy atom. The number of hydrogen-bond acceptors (Lipinski definition) is 3. The lowest BCUT2D eigenvalue weighted by atomic mass is 10.2. The van der Waals surface area contributed by atoms with Crippen molar-refractivity contribution in [2.45, 2.75) is 0 Å². The lowest BCUT2D eigenvalue weighted by Crippen LogP contribution is -2.02. The van der Waals surface area contributed by atoms with Crippen LogP contribution >= 0.6 is 0 Å². The summed E-state index contributed by atoms with van der Waals surface area (Å²) in [5.74, 6) is -1.55. The fourth-order valence-electron chi connectivity index (χ4n) is 1.94. The SMILES string of the molecule is O=C(O)c1nc(-c2ccc(F)cc2)n(-c2ccccc2)n1. The first-order valence-electron chi connectivity index (χ1n) is 6.17. The Morgan fingerprint density at radius 1 is 1.05 bits per heavy atom. The van der Waals surface area contributed by atoms with E-state index in [0.717, 1.165) is 0 Å². The van der Waals surface area contributed by atoms with Crippen molar-refractivity contribution in [3.63, 3.8) is 0 Å². The molecule has 5 nitrogen and oxygen atoms in total. The van der Waals surface area contributed by atoms with Gasteiger partial charge < -0.3 is 5.11 Å². The van der Waals surface area contributed by atoms with Gasteiger partial charge in [0.2, 0.25) is 0 Å². The van der Waals surface area contributed by atoms with E-state index in [1.54, 1.807) is 12.1 Å². The van der Waals surface area contributed by atoms with E-state index in [1.165, 1.54) is 28.9 Å². The van der Waals surface area contributed by atoms with Crippen LogP contribution in [0.4, 0.5) is 4.39 Å². The third-order valence-electron chi connectivity index (χ3n) is 2.90. The summed E-state index contributed by atoms with van der Waals surface area (Å²) < 4.78 is 14.4. The van der Waals surface area contributed by atoms with Gasteiger partial charge in [0.25, 0.3) is 5.82 Å². The molecule has 0 fully saturated rings. The minimum Gasteiger partial charge on any atom is -0.475 e. The van der Waals surface area contributed by atoms with Crippen LogP contribution in [-0.2, 0) is 0 Å². The van der Waals surface area contributed by atoms with Crippen molar-refractivity contribution in [1.82, 2.24) is 14.8 Å². The molecule has 0 spiro atoms. The van der Waals surface area contributed by atoms with E-state index in [-0.39, 0.29) is 11.6 Å². The van der Waals surface area contributed by atoms with Gasteiger partial charge in [0.1, 0.15) is 5.82 Å². The van der Waals surface area contributed by atoms with Crippen molar-refractivity contribution in [2.24, 2.45) is 0 Å². The first-order chi connectivity index (χ1) is 10.1. The Balaban J connectivity index is 2.19. The summed E-state index contributed by atoms with van der Waals surface area (Å²) in [4.78, 5) is 15.1. The molecule has 0 aliphatic rings. The van der Waals surface area contributed by atoms with Crippen LogP contribution < -0.4 is 0 Å². The van der Waals surface area contributed by atoms with Crippen molar-refractivity contribution in [2.75, 3.05) is 0 Å². The Bertz CT molecular complexity index is 782. The first kappa shape index (κ1) is 13.0. The van der Waals surface area contributed by atoms with Crippen LogP contribution in [0.1, 0.15) is 10.6 Å². The summed E-state index contributed by atoms with van der Waals surface area (Å²) in [6.45, 7) is 0. The third-order valence-corrected chi connectivity index (χ3v) is 2.90. The van der Waals surface area contributed by atoms with Gasteiger partial charge >= 0.3 is 5.97 Å². The van der Waals surface area contributed by atoms with Crippen molar-refractivity contribution < 1.29 is 14.3 Å². The van der Waals surface area contributed by atoms with Crippen LogP contribution in [0.15, 0.2) is 54.6 Å². The molecule has 0 radical (unpaired) electrons. The lowest BCUT2D eigenvalue weighted by molar-refractivity contribution is 0.0683. The van der Waals surface area contributed by atoms with E-state index in [1.807, 2.05) is 18.2 Å². The van der Waals surface area contributed by atoms with Crippen LogP contribution in [0.25, 0.3) is 17.1 Å². The van der Waals surface area contributed by atoms with E-state index in [2.05, 4.69) is 10.1 Å². The molecule has 0 amide bonds. The number of carboxylic acid groups (broad SMARTS) is 1. The predicted molar refractivity (Wildman–Crippen MR) is 73.7 cm³/mol. The molecule has 0 atom stereocenters. The van der Waals surface area contributed by atoms with Gasteiger partial charge in [-0.05, 0) is 36.4 Å². The number of aromatic carboxylic acids is 1. The summed E-state index contributed by atoms with van der Waals surface area (Å²) in [5.41, 5.74) is 1.26. The van der Waals surface area contributed by atoms with Crippen molar-refractivity contribution in [1.29, 1.82) is 0 Å². The maximum atomic E-state index is 13.0. The van der Waals surface area contributed by atoms with Crippen LogP contribution in [0.2, 0.25) is 0 Å². The maximum absolute atomic E-state index is 13.0. The standard InChI is InChI=1S/C15H10FN3O2/c16-11-8-6-10(7-9-11)14-17-13(15(20)21)18-19(14)12-4-2-1-3-5-12/h1-9H,(H,20,21). The number of carboxylic acids is 1. The van der Waals surface area contributed by atoms with Gasteiger partial charge in [-0.1, -0.05) is 18.2 Å². The molecular weight excluding hydrogens is 273 g/mol. The number of hydrogen-bond donors (Lipinski definition) is 1. The molecule has 3 aromatic rings. The molecule has 1 N–H and O–H groups in total. The predicted octanol–water partition coefficient (Wildman–Crippen LogP) is 2.77. The van der Waals surface area contributed by atoms with E-state index < -0.39 is 5.97 Å². The van der Waals surface area contributed by atoms with E-state index in [4.69, 9.17) is 5.11 Å². The van der Waals surface area contributed by atoms with E-state index in [9.17, 15) is 9.18 Å². The molecular formula is C15H10FN3O2. The van der Waals surface area contributed by atoms with Gasteiger partial charge in [0.15, 0.2) is 5.82 Å². The van der Waals surface area contributed by atoms with Crippen LogP contribution in [0.5, 0.6) is 0 Å². The van der Waals surface area contributed by atoms with E-state index >= 15 is 0 Å². The van der Waals surface area contributed by atoms with Gasteiger partial charge in [0, 0.05) is 5.56 Å².